The van der Waals surface area contributed by atoms with Crippen LogP contribution in [0.2, 0.25) is 0 Å². The van der Waals surface area contributed by atoms with E-state index in [9.17, 15) is 0 Å². The summed E-state index contributed by atoms with van der Waals surface area (Å²) in [5.74, 6) is 2.94. The number of allylic oxidation sites excluding steroid dienone is 14. The molecule has 10 rings (SSSR count). The molecule has 0 amide bonds. The van der Waals surface area contributed by atoms with Gasteiger partial charge in [0, 0.05) is 65.0 Å². The van der Waals surface area contributed by atoms with Crippen LogP contribution in [0.15, 0.2) is 156 Å². The Hall–Kier alpha value is -3.88. The second kappa shape index (κ2) is 13.8. The van der Waals surface area contributed by atoms with Gasteiger partial charge in [-0.3, -0.25) is 4.90 Å². The van der Waals surface area contributed by atoms with Gasteiger partial charge in [-0.15, -0.1) is 0 Å². The first-order valence-corrected chi connectivity index (χ1v) is 21.2. The molecule has 2 nitrogen and oxygen atoms in total. The highest BCUT2D eigenvalue weighted by Gasteiger charge is 2.49. The highest BCUT2D eigenvalue weighted by molar-refractivity contribution is 5.55. The molecule has 53 heavy (non-hydrogen) atoms. The Morgan fingerprint density at radius 2 is 1.58 bits per heavy atom. The Bertz CT molecular complexity index is 1940. The van der Waals surface area contributed by atoms with E-state index in [1.807, 2.05) is 0 Å². The summed E-state index contributed by atoms with van der Waals surface area (Å²) in [6.07, 6.45) is 56.4. The van der Waals surface area contributed by atoms with Gasteiger partial charge in [0.15, 0.2) is 0 Å². The summed E-state index contributed by atoms with van der Waals surface area (Å²) in [4.78, 5) is 5.75. The minimum atomic E-state index is 0.103. The van der Waals surface area contributed by atoms with Gasteiger partial charge < -0.3 is 4.90 Å². The molecule has 1 heterocycles. The normalized spacial score (nSPS) is 37.6. The van der Waals surface area contributed by atoms with Gasteiger partial charge in [0.1, 0.15) is 0 Å². The van der Waals surface area contributed by atoms with E-state index < -0.39 is 0 Å². The van der Waals surface area contributed by atoms with Crippen molar-refractivity contribution in [1.82, 2.24) is 9.80 Å². The molecule has 1 saturated carbocycles. The molecule has 0 N–H and O–H groups in total. The molecule has 1 aromatic rings. The lowest BCUT2D eigenvalue weighted by molar-refractivity contribution is 0.147. The fourth-order valence-electron chi connectivity index (χ4n) is 12.3. The zero-order valence-electron chi connectivity index (χ0n) is 31.9. The lowest BCUT2D eigenvalue weighted by Gasteiger charge is -2.46. The first-order chi connectivity index (χ1) is 26.0. The number of nitrogens with zero attached hydrogens (tertiary/aromatic N) is 2. The van der Waals surface area contributed by atoms with E-state index in [4.69, 9.17) is 0 Å². The standard InChI is InChI=1S/C51H58N2/c1-51(2)47-19-11-9-17-43(47)44-31-30-42(34-48(44)51)52(40-26-21-36(22-27-40)35-13-5-3-6-14-35)41-28-23-37(24-29-41)38-25-32-50-46(33-38)45-18-10-12-20-49(45)53(50)39-15-7-4-8-16-39/h3-5,7-13,15,17-21,25-27,32-34,36-37,39,41-42,44-46,49-50H,6,14,16,22-24,28-31H2,1-2H3. The van der Waals surface area contributed by atoms with E-state index >= 15 is 0 Å². The zero-order chi connectivity index (χ0) is 35.5. The minimum Gasteiger partial charge on any atom is -0.362 e. The zero-order valence-corrected chi connectivity index (χ0v) is 31.9. The molecule has 0 bridgehead atoms. The Kier molecular flexibility index (Phi) is 8.74. The van der Waals surface area contributed by atoms with Crippen molar-refractivity contribution in [1.29, 1.82) is 0 Å². The van der Waals surface area contributed by atoms with Gasteiger partial charge in [0.2, 0.25) is 0 Å². The smallest absolute Gasteiger partial charge is 0.0479 e. The van der Waals surface area contributed by atoms with Crippen molar-refractivity contribution in [2.45, 2.75) is 120 Å². The molecule has 8 aliphatic carbocycles. The monoisotopic (exact) mass is 698 g/mol. The summed E-state index contributed by atoms with van der Waals surface area (Å²) in [7, 11) is 0. The minimum absolute atomic E-state index is 0.103. The Morgan fingerprint density at radius 3 is 2.40 bits per heavy atom. The average molecular weight is 699 g/mol. The van der Waals surface area contributed by atoms with Crippen LogP contribution in [-0.4, -0.2) is 40.0 Å². The van der Waals surface area contributed by atoms with Crippen LogP contribution in [-0.2, 0) is 5.41 Å². The van der Waals surface area contributed by atoms with Gasteiger partial charge in [-0.2, -0.15) is 0 Å². The van der Waals surface area contributed by atoms with E-state index in [1.54, 1.807) is 27.8 Å². The van der Waals surface area contributed by atoms with Crippen molar-refractivity contribution in [2.75, 3.05) is 0 Å². The van der Waals surface area contributed by atoms with Gasteiger partial charge in [-0.05, 0) is 92.9 Å². The molecule has 1 aliphatic heterocycles. The summed E-state index contributed by atoms with van der Waals surface area (Å²) < 4.78 is 0. The Labute approximate surface area is 319 Å². The van der Waals surface area contributed by atoms with Crippen LogP contribution in [0, 0.1) is 23.7 Å². The van der Waals surface area contributed by atoms with Crippen molar-refractivity contribution in [3.05, 3.63) is 167 Å². The lowest BCUT2D eigenvalue weighted by Crippen LogP contribution is -2.45. The third-order valence-electron chi connectivity index (χ3n) is 14.9. The molecular weight excluding hydrogens is 641 g/mol. The maximum Gasteiger partial charge on any atom is 0.0479 e. The summed E-state index contributed by atoms with van der Waals surface area (Å²) >= 11 is 0. The van der Waals surface area contributed by atoms with E-state index in [2.05, 4.69) is 157 Å². The quantitative estimate of drug-likeness (QED) is 0.273. The number of fused-ring (bicyclic) bond motifs is 6. The third-order valence-corrected chi connectivity index (χ3v) is 14.9. The van der Waals surface area contributed by atoms with Gasteiger partial charge in [0.05, 0.1) is 0 Å². The number of hydrogen-bond donors (Lipinski definition) is 0. The van der Waals surface area contributed by atoms with E-state index in [1.165, 1.54) is 57.1 Å². The number of benzene rings is 1. The summed E-state index contributed by atoms with van der Waals surface area (Å²) in [5, 5.41) is 0. The SMILES string of the molecule is CC1(C)C2=CC(N(C3=CCC(C4=CC=CCC4)C=C3)C3CCC(C4=CC5C6C=CC=CC6N(C6C=CC=CC6)C5C=C4)CC3)CCC2c2ccccc21. The van der Waals surface area contributed by atoms with E-state index in [0.717, 1.165) is 12.8 Å². The largest absolute Gasteiger partial charge is 0.362 e. The molecule has 8 unspecified atom stereocenters. The van der Waals surface area contributed by atoms with Crippen LogP contribution in [0.1, 0.15) is 95.1 Å². The van der Waals surface area contributed by atoms with Crippen LogP contribution < -0.4 is 0 Å². The molecule has 0 spiro atoms. The van der Waals surface area contributed by atoms with Crippen molar-refractivity contribution in [3.8, 4) is 0 Å². The average Bonchev–Trinajstić information content (AvgIpc) is 3.67. The predicted octanol–water partition coefficient (Wildman–Crippen LogP) is 11.5. The highest BCUT2D eigenvalue weighted by Crippen LogP contribution is 2.55. The molecule has 1 saturated heterocycles. The van der Waals surface area contributed by atoms with Crippen LogP contribution >= 0.6 is 0 Å². The van der Waals surface area contributed by atoms with Gasteiger partial charge in [-0.25, -0.2) is 0 Å². The summed E-state index contributed by atoms with van der Waals surface area (Å²) in [5.41, 5.74) is 9.65. The predicted molar refractivity (Wildman–Crippen MR) is 221 cm³/mol. The number of hydrogen-bond acceptors (Lipinski definition) is 2. The fraction of sp³-hybridized carbons (Fsp3) is 0.451. The number of rotatable bonds is 6. The second-order valence-electron chi connectivity index (χ2n) is 18.0. The maximum atomic E-state index is 2.94. The van der Waals surface area contributed by atoms with Gasteiger partial charge in [-0.1, -0.05) is 153 Å². The first kappa shape index (κ1) is 33.7. The van der Waals surface area contributed by atoms with Crippen molar-refractivity contribution < 1.29 is 0 Å². The number of likely N-dealkylation sites (tertiary alicyclic amines) is 1. The second-order valence-corrected chi connectivity index (χ2v) is 18.0. The van der Waals surface area contributed by atoms with Crippen LogP contribution in [0.25, 0.3) is 0 Å². The molecule has 9 aliphatic rings. The van der Waals surface area contributed by atoms with E-state index in [0.29, 0.717) is 59.8 Å². The molecule has 8 atom stereocenters. The molecule has 1 aromatic carbocycles. The van der Waals surface area contributed by atoms with Gasteiger partial charge in [0.25, 0.3) is 0 Å². The molecule has 2 heteroatoms. The van der Waals surface area contributed by atoms with Crippen molar-refractivity contribution >= 4 is 0 Å². The molecule has 2 fully saturated rings. The summed E-state index contributed by atoms with van der Waals surface area (Å²) in [6, 6.07) is 11.8. The van der Waals surface area contributed by atoms with Crippen molar-refractivity contribution in [2.24, 2.45) is 23.7 Å². The molecule has 272 valence electrons. The topological polar surface area (TPSA) is 6.48 Å². The van der Waals surface area contributed by atoms with Crippen LogP contribution in [0.5, 0.6) is 0 Å². The Balaban J connectivity index is 0.900. The van der Waals surface area contributed by atoms with Crippen LogP contribution in [0.3, 0.4) is 0 Å². The first-order valence-electron chi connectivity index (χ1n) is 21.2. The molecule has 0 aromatic heterocycles. The third kappa shape index (κ3) is 5.86. The molecule has 0 radical (unpaired) electrons. The Morgan fingerprint density at radius 1 is 0.736 bits per heavy atom. The maximum absolute atomic E-state index is 2.94. The van der Waals surface area contributed by atoms with Gasteiger partial charge >= 0.3 is 0 Å². The summed E-state index contributed by atoms with van der Waals surface area (Å²) in [6.45, 7) is 4.96. The van der Waals surface area contributed by atoms with Crippen LogP contribution in [0.4, 0.5) is 0 Å². The van der Waals surface area contributed by atoms with Crippen molar-refractivity contribution in [3.63, 3.8) is 0 Å². The fourth-order valence-corrected chi connectivity index (χ4v) is 12.3. The van der Waals surface area contributed by atoms with E-state index in [-0.39, 0.29) is 5.41 Å². The highest BCUT2D eigenvalue weighted by atomic mass is 15.2. The molecular formula is C51H58N2. The lowest BCUT2D eigenvalue weighted by atomic mass is 9.73.